The topological polar surface area (TPSA) is 106 Å². The number of aromatic amines is 1. The molecule has 0 aliphatic rings. The molecule has 9 heteroatoms. The Labute approximate surface area is 172 Å². The maximum absolute atomic E-state index is 11.6. The summed E-state index contributed by atoms with van der Waals surface area (Å²) < 4.78 is 25.1. The molecular formula is C21H18N6O2S. The van der Waals surface area contributed by atoms with Crippen LogP contribution in [0, 0.1) is 0 Å². The van der Waals surface area contributed by atoms with Gasteiger partial charge in [0.25, 0.3) is 0 Å². The molecule has 2 N–H and O–H groups in total. The molecule has 0 atom stereocenters. The third-order valence-electron chi connectivity index (χ3n) is 4.92. The van der Waals surface area contributed by atoms with Crippen LogP contribution in [0.15, 0.2) is 72.0 Å². The first-order valence-corrected chi connectivity index (χ1v) is 11.2. The number of aromatic nitrogens is 5. The van der Waals surface area contributed by atoms with Gasteiger partial charge in [-0.2, -0.15) is 10.1 Å². The van der Waals surface area contributed by atoms with E-state index in [1.54, 1.807) is 36.7 Å². The maximum Gasteiger partial charge on any atom is 0.229 e. The molecule has 0 saturated heterocycles. The van der Waals surface area contributed by atoms with E-state index >= 15 is 0 Å². The molecule has 2 aromatic carbocycles. The molecule has 5 rings (SSSR count). The molecule has 30 heavy (non-hydrogen) atoms. The number of nitrogens with one attached hydrogen (secondary N) is 2. The SMILES string of the molecule is CS(=O)(=O)c1ccc(Nc2ncc3cnn(Cc4cccc5[nH]ccc45)c3n2)cc1. The second kappa shape index (κ2) is 6.96. The molecule has 150 valence electrons. The summed E-state index contributed by atoms with van der Waals surface area (Å²) in [5.74, 6) is 0.413. The van der Waals surface area contributed by atoms with E-state index in [2.05, 4.69) is 37.5 Å². The standard InChI is InChI=1S/C21H18N6O2S/c1-30(28,29)17-7-5-16(6-8-17)25-21-23-11-15-12-24-27(20(15)26-21)13-14-3-2-4-19-18(14)9-10-22-19/h2-12,22H,13H2,1H3,(H,23,25,26). The summed E-state index contributed by atoms with van der Waals surface area (Å²) >= 11 is 0. The molecule has 5 aromatic rings. The summed E-state index contributed by atoms with van der Waals surface area (Å²) in [6.45, 7) is 0.582. The molecule has 3 heterocycles. The van der Waals surface area contributed by atoms with E-state index in [1.807, 2.05) is 23.0 Å². The molecule has 0 aliphatic heterocycles. The van der Waals surface area contributed by atoms with Crippen LogP contribution in [0.3, 0.4) is 0 Å². The number of anilines is 2. The van der Waals surface area contributed by atoms with Gasteiger partial charge in [0.05, 0.1) is 23.0 Å². The van der Waals surface area contributed by atoms with Gasteiger partial charge >= 0.3 is 0 Å². The van der Waals surface area contributed by atoms with E-state index in [0.29, 0.717) is 23.8 Å². The summed E-state index contributed by atoms with van der Waals surface area (Å²) in [7, 11) is -3.23. The van der Waals surface area contributed by atoms with Crippen molar-refractivity contribution in [2.45, 2.75) is 11.4 Å². The summed E-state index contributed by atoms with van der Waals surface area (Å²) in [5.41, 5.74) is 3.64. The Morgan fingerprint density at radius 2 is 1.90 bits per heavy atom. The normalized spacial score (nSPS) is 11.9. The van der Waals surface area contributed by atoms with Crippen molar-refractivity contribution in [3.05, 3.63) is 72.7 Å². The van der Waals surface area contributed by atoms with Crippen LogP contribution in [-0.4, -0.2) is 39.4 Å². The van der Waals surface area contributed by atoms with Crippen LogP contribution >= 0.6 is 0 Å². The Morgan fingerprint density at radius 1 is 1.07 bits per heavy atom. The van der Waals surface area contributed by atoms with E-state index in [0.717, 1.165) is 21.9 Å². The summed E-state index contributed by atoms with van der Waals surface area (Å²) in [6.07, 6.45) is 6.57. The Balaban J connectivity index is 1.45. The Kier molecular flexibility index (Phi) is 4.25. The first-order chi connectivity index (χ1) is 14.5. The molecule has 0 unspecified atom stereocenters. The zero-order valence-electron chi connectivity index (χ0n) is 16.1. The smallest absolute Gasteiger partial charge is 0.229 e. The van der Waals surface area contributed by atoms with Gasteiger partial charge in [-0.3, -0.25) is 0 Å². The number of hydrogen-bond acceptors (Lipinski definition) is 6. The van der Waals surface area contributed by atoms with E-state index in [4.69, 9.17) is 0 Å². The lowest BCUT2D eigenvalue weighted by Crippen LogP contribution is -2.05. The van der Waals surface area contributed by atoms with Gasteiger partial charge in [0.1, 0.15) is 0 Å². The van der Waals surface area contributed by atoms with Gasteiger partial charge in [-0.05, 0) is 42.0 Å². The van der Waals surface area contributed by atoms with E-state index in [9.17, 15) is 8.42 Å². The minimum absolute atomic E-state index is 0.265. The lowest BCUT2D eigenvalue weighted by molar-refractivity contribution is 0.602. The lowest BCUT2D eigenvalue weighted by Gasteiger charge is -2.08. The highest BCUT2D eigenvalue weighted by Gasteiger charge is 2.11. The molecule has 0 aliphatic carbocycles. The predicted molar refractivity (Wildman–Crippen MR) is 116 cm³/mol. The van der Waals surface area contributed by atoms with Gasteiger partial charge in [-0.25, -0.2) is 18.1 Å². The van der Waals surface area contributed by atoms with Crippen molar-refractivity contribution < 1.29 is 8.42 Å². The molecule has 0 spiro atoms. The van der Waals surface area contributed by atoms with Gasteiger partial charge in [0, 0.05) is 35.2 Å². The molecule has 0 bridgehead atoms. The minimum Gasteiger partial charge on any atom is -0.361 e. The monoisotopic (exact) mass is 418 g/mol. The molecule has 0 radical (unpaired) electrons. The second-order valence-electron chi connectivity index (χ2n) is 7.05. The zero-order chi connectivity index (χ0) is 20.7. The van der Waals surface area contributed by atoms with E-state index in [1.165, 1.54) is 6.26 Å². The number of rotatable bonds is 5. The van der Waals surface area contributed by atoms with Crippen LogP contribution in [0.1, 0.15) is 5.56 Å². The fraction of sp³-hybridized carbons (Fsp3) is 0.0952. The van der Waals surface area contributed by atoms with Crippen molar-refractivity contribution in [3.8, 4) is 0 Å². The fourth-order valence-corrected chi connectivity index (χ4v) is 4.04. The third kappa shape index (κ3) is 3.39. The molecule has 3 aromatic heterocycles. The quantitative estimate of drug-likeness (QED) is 0.453. The van der Waals surface area contributed by atoms with Crippen LogP contribution in [0.2, 0.25) is 0 Å². The summed E-state index contributed by atoms with van der Waals surface area (Å²) in [6, 6.07) is 14.7. The first-order valence-electron chi connectivity index (χ1n) is 9.28. The highest BCUT2D eigenvalue weighted by Crippen LogP contribution is 2.22. The lowest BCUT2D eigenvalue weighted by atomic mass is 10.1. The molecular weight excluding hydrogens is 400 g/mol. The van der Waals surface area contributed by atoms with E-state index in [-0.39, 0.29) is 4.90 Å². The first kappa shape index (κ1) is 18.3. The zero-order valence-corrected chi connectivity index (χ0v) is 16.9. The van der Waals surface area contributed by atoms with Crippen LogP contribution in [0.5, 0.6) is 0 Å². The number of benzene rings is 2. The average Bonchev–Trinajstić information content (AvgIpc) is 3.35. The second-order valence-corrected chi connectivity index (χ2v) is 9.07. The van der Waals surface area contributed by atoms with Crippen molar-refractivity contribution in [3.63, 3.8) is 0 Å². The Hall–Kier alpha value is -3.72. The number of hydrogen-bond donors (Lipinski definition) is 2. The van der Waals surface area contributed by atoms with Crippen molar-refractivity contribution in [2.24, 2.45) is 0 Å². The van der Waals surface area contributed by atoms with Gasteiger partial charge in [0.15, 0.2) is 15.5 Å². The molecule has 0 fully saturated rings. The number of fused-ring (bicyclic) bond motifs is 2. The van der Waals surface area contributed by atoms with Gasteiger partial charge in [-0.15, -0.1) is 0 Å². The highest BCUT2D eigenvalue weighted by molar-refractivity contribution is 7.90. The van der Waals surface area contributed by atoms with Crippen molar-refractivity contribution in [1.82, 2.24) is 24.7 Å². The third-order valence-corrected chi connectivity index (χ3v) is 6.05. The Morgan fingerprint density at radius 3 is 2.70 bits per heavy atom. The van der Waals surface area contributed by atoms with Crippen LogP contribution in [-0.2, 0) is 16.4 Å². The largest absolute Gasteiger partial charge is 0.361 e. The number of sulfone groups is 1. The van der Waals surface area contributed by atoms with Gasteiger partial charge in [0.2, 0.25) is 5.95 Å². The molecule has 8 nitrogen and oxygen atoms in total. The van der Waals surface area contributed by atoms with Crippen molar-refractivity contribution in [2.75, 3.05) is 11.6 Å². The van der Waals surface area contributed by atoms with Crippen LogP contribution in [0.25, 0.3) is 21.9 Å². The van der Waals surface area contributed by atoms with Gasteiger partial charge in [-0.1, -0.05) is 12.1 Å². The van der Waals surface area contributed by atoms with Gasteiger partial charge < -0.3 is 10.3 Å². The van der Waals surface area contributed by atoms with Crippen LogP contribution in [0.4, 0.5) is 11.6 Å². The number of nitrogens with zero attached hydrogens (tertiary/aromatic N) is 4. The Bertz CT molecular complexity index is 1470. The maximum atomic E-state index is 11.6. The summed E-state index contributed by atoms with van der Waals surface area (Å²) in [4.78, 5) is 12.4. The highest BCUT2D eigenvalue weighted by atomic mass is 32.2. The minimum atomic E-state index is -3.23. The predicted octanol–water partition coefficient (Wildman–Crippen LogP) is 3.50. The fourth-order valence-electron chi connectivity index (χ4n) is 3.41. The number of H-pyrrole nitrogens is 1. The molecule has 0 saturated carbocycles. The van der Waals surface area contributed by atoms with Crippen molar-refractivity contribution in [1.29, 1.82) is 0 Å². The van der Waals surface area contributed by atoms with Crippen LogP contribution < -0.4 is 5.32 Å². The summed E-state index contributed by atoms with van der Waals surface area (Å²) in [5, 5.41) is 9.59. The average molecular weight is 418 g/mol. The molecule has 0 amide bonds. The van der Waals surface area contributed by atoms with Crippen molar-refractivity contribution >= 4 is 43.4 Å². The van der Waals surface area contributed by atoms with E-state index < -0.39 is 9.84 Å².